The molecule has 1 aliphatic heterocycles. The number of fused-ring (bicyclic) bond motifs is 1. The summed E-state index contributed by atoms with van der Waals surface area (Å²) in [4.78, 5) is 12.1. The molecule has 134 valence electrons. The van der Waals surface area contributed by atoms with Gasteiger partial charge in [0, 0.05) is 0 Å². The highest BCUT2D eigenvalue weighted by Crippen LogP contribution is 2.30. The van der Waals surface area contributed by atoms with Gasteiger partial charge in [-0.1, -0.05) is 36.1 Å². The molecule has 0 saturated carbocycles. The van der Waals surface area contributed by atoms with E-state index in [-0.39, 0.29) is 25.7 Å². The molecule has 0 fully saturated rings. The molecule has 0 aliphatic carbocycles. The van der Waals surface area contributed by atoms with Gasteiger partial charge in [-0.3, -0.25) is 4.79 Å². The van der Waals surface area contributed by atoms with E-state index in [0.29, 0.717) is 23.0 Å². The number of hydrogen-bond acceptors (Lipinski definition) is 5. The summed E-state index contributed by atoms with van der Waals surface area (Å²) in [6.07, 6.45) is -0.684. The van der Waals surface area contributed by atoms with Crippen LogP contribution in [0.3, 0.4) is 0 Å². The van der Waals surface area contributed by atoms with E-state index in [1.165, 1.54) is 0 Å². The van der Waals surface area contributed by atoms with Gasteiger partial charge in [0.25, 0.3) is 5.91 Å². The summed E-state index contributed by atoms with van der Waals surface area (Å²) >= 11 is 0. The molecule has 3 rings (SSSR count). The second-order valence-corrected chi connectivity index (χ2v) is 5.38. The average Bonchev–Trinajstić information content (AvgIpc) is 2.70. The minimum absolute atomic E-state index is 0.174. The number of para-hydroxylation sites is 4. The quantitative estimate of drug-likeness (QED) is 0.834. The van der Waals surface area contributed by atoms with Gasteiger partial charge < -0.3 is 24.3 Å². The minimum Gasteiger partial charge on any atom is -0.493 e. The number of carbonyl (C=O) groups is 1. The van der Waals surface area contributed by atoms with Crippen molar-refractivity contribution in [1.29, 1.82) is 0 Å². The van der Waals surface area contributed by atoms with Gasteiger partial charge in [-0.15, -0.1) is 0 Å². The fourth-order valence-corrected chi connectivity index (χ4v) is 2.36. The maximum atomic E-state index is 12.1. The Morgan fingerprint density at radius 3 is 2.65 bits per heavy atom. The summed E-state index contributed by atoms with van der Waals surface area (Å²) in [6.45, 7) is 0.579. The second kappa shape index (κ2) is 8.67. The van der Waals surface area contributed by atoms with Crippen molar-refractivity contribution in [3.63, 3.8) is 0 Å². The molecule has 6 heteroatoms. The lowest BCUT2D eigenvalue weighted by Crippen LogP contribution is -2.44. The SMILES string of the molecule is COc1ccccc1OCC#CCNC(=O)C1COc2ccccc2O1. The topological polar surface area (TPSA) is 66.0 Å². The van der Waals surface area contributed by atoms with E-state index in [4.69, 9.17) is 18.9 Å². The third-order valence-electron chi connectivity index (χ3n) is 3.65. The Kier molecular flexibility index (Phi) is 5.84. The van der Waals surface area contributed by atoms with Crippen LogP contribution in [0.15, 0.2) is 48.5 Å². The Labute approximate surface area is 152 Å². The third-order valence-corrected chi connectivity index (χ3v) is 3.65. The number of benzene rings is 2. The predicted molar refractivity (Wildman–Crippen MR) is 95.6 cm³/mol. The van der Waals surface area contributed by atoms with Gasteiger partial charge in [-0.05, 0) is 24.3 Å². The summed E-state index contributed by atoms with van der Waals surface area (Å²) in [7, 11) is 1.58. The molecule has 2 aromatic carbocycles. The largest absolute Gasteiger partial charge is 0.493 e. The van der Waals surface area contributed by atoms with Crippen LogP contribution in [0.5, 0.6) is 23.0 Å². The van der Waals surface area contributed by atoms with Crippen molar-refractivity contribution in [2.24, 2.45) is 0 Å². The monoisotopic (exact) mass is 353 g/mol. The summed E-state index contributed by atoms with van der Waals surface area (Å²) < 4.78 is 21.9. The lowest BCUT2D eigenvalue weighted by atomic mass is 10.2. The Morgan fingerprint density at radius 2 is 1.85 bits per heavy atom. The lowest BCUT2D eigenvalue weighted by Gasteiger charge is -2.25. The predicted octanol–water partition coefficient (Wildman–Crippen LogP) is 2.03. The van der Waals surface area contributed by atoms with E-state index in [2.05, 4.69) is 17.2 Å². The zero-order valence-electron chi connectivity index (χ0n) is 14.4. The molecule has 6 nitrogen and oxygen atoms in total. The van der Waals surface area contributed by atoms with Gasteiger partial charge in [-0.25, -0.2) is 0 Å². The summed E-state index contributed by atoms with van der Waals surface area (Å²) in [5.41, 5.74) is 0. The van der Waals surface area contributed by atoms with Gasteiger partial charge >= 0.3 is 0 Å². The van der Waals surface area contributed by atoms with Gasteiger partial charge in [0.2, 0.25) is 6.10 Å². The number of ether oxygens (including phenoxy) is 4. The first kappa shape index (κ1) is 17.5. The van der Waals surface area contributed by atoms with E-state index in [1.807, 2.05) is 30.3 Å². The number of carbonyl (C=O) groups excluding carboxylic acids is 1. The Morgan fingerprint density at radius 1 is 1.12 bits per heavy atom. The molecule has 1 atom stereocenters. The number of nitrogens with one attached hydrogen (secondary N) is 1. The highest BCUT2D eigenvalue weighted by Gasteiger charge is 2.26. The van der Waals surface area contributed by atoms with Crippen molar-refractivity contribution in [3.8, 4) is 34.8 Å². The summed E-state index contributed by atoms with van der Waals surface area (Å²) in [5, 5.41) is 2.71. The van der Waals surface area contributed by atoms with Crippen molar-refractivity contribution in [2.45, 2.75) is 6.10 Å². The van der Waals surface area contributed by atoms with Gasteiger partial charge in [0.05, 0.1) is 13.7 Å². The second-order valence-electron chi connectivity index (χ2n) is 5.38. The molecular formula is C20H19NO5. The lowest BCUT2D eigenvalue weighted by molar-refractivity contribution is -0.130. The molecule has 1 amide bonds. The van der Waals surface area contributed by atoms with Crippen LogP contribution in [0.2, 0.25) is 0 Å². The molecule has 0 aromatic heterocycles. The number of methoxy groups -OCH3 is 1. The molecule has 1 heterocycles. The van der Waals surface area contributed by atoms with E-state index in [9.17, 15) is 4.79 Å². The van der Waals surface area contributed by atoms with Crippen LogP contribution >= 0.6 is 0 Å². The van der Waals surface area contributed by atoms with E-state index in [0.717, 1.165) is 0 Å². The van der Waals surface area contributed by atoms with Crippen LogP contribution in [0.4, 0.5) is 0 Å². The zero-order chi connectivity index (χ0) is 18.2. The number of hydrogen-bond donors (Lipinski definition) is 1. The molecule has 0 saturated heterocycles. The first-order chi connectivity index (χ1) is 12.8. The maximum absolute atomic E-state index is 12.1. The minimum atomic E-state index is -0.684. The first-order valence-corrected chi connectivity index (χ1v) is 8.15. The molecule has 1 aliphatic rings. The van der Waals surface area contributed by atoms with Crippen molar-refractivity contribution in [3.05, 3.63) is 48.5 Å². The van der Waals surface area contributed by atoms with Gasteiger partial charge in [0.1, 0.15) is 13.2 Å². The molecule has 26 heavy (non-hydrogen) atoms. The van der Waals surface area contributed by atoms with Crippen molar-refractivity contribution < 1.29 is 23.7 Å². The normalized spacial score (nSPS) is 14.6. The van der Waals surface area contributed by atoms with Crippen LogP contribution in [0.1, 0.15) is 0 Å². The highest BCUT2D eigenvalue weighted by molar-refractivity contribution is 5.82. The summed E-state index contributed by atoms with van der Waals surface area (Å²) in [6, 6.07) is 14.6. The molecule has 0 spiro atoms. The molecule has 0 bridgehead atoms. The maximum Gasteiger partial charge on any atom is 0.265 e. The van der Waals surface area contributed by atoms with E-state index in [1.54, 1.807) is 25.3 Å². The van der Waals surface area contributed by atoms with Crippen molar-refractivity contribution >= 4 is 5.91 Å². The van der Waals surface area contributed by atoms with E-state index < -0.39 is 6.10 Å². The standard InChI is InChI=1S/C20H19NO5/c1-23-15-8-2-3-9-16(15)24-13-7-6-12-21-20(22)19-14-25-17-10-4-5-11-18(17)26-19/h2-5,8-11,19H,12-14H2,1H3,(H,21,22). The third kappa shape index (κ3) is 4.39. The van der Waals surface area contributed by atoms with Gasteiger partial charge in [-0.2, -0.15) is 0 Å². The van der Waals surface area contributed by atoms with Crippen LogP contribution in [-0.4, -0.2) is 38.9 Å². The fourth-order valence-electron chi connectivity index (χ4n) is 2.36. The zero-order valence-corrected chi connectivity index (χ0v) is 14.4. The molecular weight excluding hydrogens is 334 g/mol. The molecule has 2 aromatic rings. The van der Waals surface area contributed by atoms with Crippen molar-refractivity contribution in [2.75, 3.05) is 26.9 Å². The van der Waals surface area contributed by atoms with Crippen LogP contribution in [-0.2, 0) is 4.79 Å². The highest BCUT2D eigenvalue weighted by atomic mass is 16.6. The average molecular weight is 353 g/mol. The van der Waals surface area contributed by atoms with Crippen LogP contribution in [0, 0.1) is 11.8 Å². The number of rotatable bonds is 5. The molecule has 0 radical (unpaired) electrons. The van der Waals surface area contributed by atoms with Crippen LogP contribution < -0.4 is 24.3 Å². The number of amides is 1. The Bertz CT molecular complexity index is 824. The first-order valence-electron chi connectivity index (χ1n) is 8.15. The van der Waals surface area contributed by atoms with Crippen LogP contribution in [0.25, 0.3) is 0 Å². The van der Waals surface area contributed by atoms with Gasteiger partial charge in [0.15, 0.2) is 23.0 Å². The smallest absolute Gasteiger partial charge is 0.265 e. The van der Waals surface area contributed by atoms with Crippen molar-refractivity contribution in [1.82, 2.24) is 5.32 Å². The summed E-state index contributed by atoms with van der Waals surface area (Å²) in [5.74, 6) is 7.90. The molecule has 1 N–H and O–H groups in total. The van der Waals surface area contributed by atoms with E-state index >= 15 is 0 Å². The molecule has 1 unspecified atom stereocenters. The fraction of sp³-hybridized carbons (Fsp3) is 0.250. The Hall–Kier alpha value is -3.33. The Balaban J connectivity index is 1.42.